The minimum absolute atomic E-state index is 0.173. The van der Waals surface area contributed by atoms with Crippen LogP contribution >= 0.6 is 0 Å². The number of aromatic hydroxyl groups is 14. The third-order valence-corrected chi connectivity index (χ3v) is 25.0. The van der Waals surface area contributed by atoms with Gasteiger partial charge in [0.25, 0.3) is 0 Å². The lowest BCUT2D eigenvalue weighted by Crippen LogP contribution is -2.03. The van der Waals surface area contributed by atoms with Crippen molar-refractivity contribution in [2.45, 2.75) is 84.5 Å². The maximum absolute atomic E-state index is 10.0. The van der Waals surface area contributed by atoms with Crippen LogP contribution < -0.4 is 51.6 Å². The number of aryl methyl sites for hydroxylation is 2. The average Bonchev–Trinajstić information content (AvgIpc) is 0.775. The lowest BCUT2D eigenvalue weighted by Gasteiger charge is -2.14. The maximum atomic E-state index is 10.0. The van der Waals surface area contributed by atoms with Gasteiger partial charge < -0.3 is 123 Å². The summed E-state index contributed by atoms with van der Waals surface area (Å²) in [5.74, 6) is 3.37. The highest BCUT2D eigenvalue weighted by Gasteiger charge is 2.18. The largest absolute Gasteiger partial charge is 0.508 e. The van der Waals surface area contributed by atoms with Crippen molar-refractivity contribution in [3.63, 3.8) is 0 Å². The van der Waals surface area contributed by atoms with Gasteiger partial charge in [-0.2, -0.15) is 0 Å². The number of benzene rings is 19. The van der Waals surface area contributed by atoms with Crippen molar-refractivity contribution >= 4 is 62.0 Å². The van der Waals surface area contributed by atoms with E-state index in [1.54, 1.807) is 200 Å². The van der Waals surface area contributed by atoms with E-state index in [0.29, 0.717) is 91.1 Å². The molecule has 0 amide bonds. The fraction of sp³-hybridized carbons (Fsp3) is 0.104. The van der Waals surface area contributed by atoms with E-state index in [1.165, 1.54) is 16.7 Å². The van der Waals surface area contributed by atoms with Gasteiger partial charge in [-0.25, -0.2) is 0 Å². The van der Waals surface area contributed by atoms with Crippen LogP contribution in [0.4, 0.5) is 51.2 Å². The van der Waals surface area contributed by atoms with Gasteiger partial charge in [0.1, 0.15) is 80.5 Å². The molecule has 32 N–H and O–H groups in total. The smallest absolute Gasteiger partial charge is 0.121 e. The first-order chi connectivity index (χ1) is 71.0. The molecule has 0 aliphatic rings. The molecule has 19 rings (SSSR count). The third-order valence-electron chi connectivity index (χ3n) is 25.0. The Hall–Kier alpha value is -19.2. The Balaban J connectivity index is 0.000000145. The van der Waals surface area contributed by atoms with E-state index in [9.17, 15) is 61.3 Å². The van der Waals surface area contributed by atoms with Gasteiger partial charge in [0.05, 0.1) is 0 Å². The second-order valence-electron chi connectivity index (χ2n) is 36.5. The molecule has 752 valence electrons. The molecule has 0 radical (unpaired) electrons. The van der Waals surface area contributed by atoms with E-state index < -0.39 is 0 Å². The van der Waals surface area contributed by atoms with Crippen LogP contribution in [-0.4, -0.2) is 71.5 Å². The molecule has 148 heavy (non-hydrogen) atoms. The number of hydrogen-bond donors (Lipinski definition) is 23. The zero-order valence-electron chi connectivity index (χ0n) is 82.1. The van der Waals surface area contributed by atoms with Gasteiger partial charge in [-0.3, -0.25) is 0 Å². The summed E-state index contributed by atoms with van der Waals surface area (Å²) in [6.07, 6.45) is 7.42. The zero-order valence-corrected chi connectivity index (χ0v) is 82.1. The van der Waals surface area contributed by atoms with E-state index in [-0.39, 0.29) is 74.7 Å². The van der Waals surface area contributed by atoms with Crippen molar-refractivity contribution in [2.24, 2.45) is 0 Å². The van der Waals surface area contributed by atoms with E-state index in [1.807, 2.05) is 178 Å². The highest BCUT2D eigenvalue weighted by Crippen LogP contribution is 2.38. The van der Waals surface area contributed by atoms with Crippen LogP contribution in [0.3, 0.4) is 0 Å². The molecule has 0 aliphatic heterocycles. The summed E-state index contributed by atoms with van der Waals surface area (Å²) >= 11 is 0. The Morgan fingerprint density at radius 2 is 0.426 bits per heavy atom. The van der Waals surface area contributed by atoms with E-state index in [0.717, 1.165) is 164 Å². The van der Waals surface area contributed by atoms with Crippen LogP contribution in [0.5, 0.6) is 80.5 Å². The Morgan fingerprint density at radius 1 is 0.155 bits per heavy atom. The van der Waals surface area contributed by atoms with Gasteiger partial charge in [0, 0.05) is 85.9 Å². The van der Waals surface area contributed by atoms with Gasteiger partial charge in [0.2, 0.25) is 0 Å². The van der Waals surface area contributed by atoms with E-state index in [2.05, 4.69) is 18.2 Å². The molecule has 0 aliphatic carbocycles. The zero-order chi connectivity index (χ0) is 106. The van der Waals surface area contributed by atoms with Gasteiger partial charge in [-0.15, -0.1) is 0 Å². The first-order valence-corrected chi connectivity index (χ1v) is 47.8. The number of nitrogens with two attached hydrogens (primary N) is 9. The van der Waals surface area contributed by atoms with Crippen LogP contribution in [0, 0.1) is 13.8 Å². The predicted molar refractivity (Wildman–Crippen MR) is 597 cm³/mol. The number of phenolic OH excluding ortho intramolecular Hbond substituents is 14. The van der Waals surface area contributed by atoms with Crippen LogP contribution in [0.2, 0.25) is 0 Å². The summed E-state index contributed by atoms with van der Waals surface area (Å²) in [6, 6.07) is 113. The van der Waals surface area contributed by atoms with Crippen LogP contribution in [-0.2, 0) is 70.6 Å². The topological polar surface area (TPSA) is 517 Å². The number of rotatable bonds is 22. The molecule has 23 nitrogen and oxygen atoms in total. The van der Waals surface area contributed by atoms with Crippen molar-refractivity contribution in [1.29, 1.82) is 0 Å². The average molecular weight is 1980 g/mol. The molecule has 0 spiro atoms. The van der Waals surface area contributed by atoms with E-state index >= 15 is 0 Å². The normalized spacial score (nSPS) is 10.6. The standard InChI is InChI=1S/C24H22N2O2.C20H20N2O2.C20H19NO3.C20H19NO2.C15H17NO.2C13H13NO2/c25-23-17(13-15-1-7-19(27)8-2-15)5-11-22-21(23)12-6-18(24(22)26)14-16-3-9-20(28)10-4-16;21-19-12-20(22)16(10-14-3-7-18(24)8-4-14)11-15(19)9-13-1-5-17(23)6-2-13;21-20-15(9-13-1-5-17(22)6-2-13)11-19(24)12-16(20)10-14-3-7-18(23)8-4-14;21-20-10-5-16(11-14-1-6-18(22)7-2-14)13-17(20)12-15-3-8-19(23)9-4-15;1-10-7-13(8-11(2)15(10)16)9-12-3-5-14(17)6-4-12;14-11-3-6-13(16)10(8-11)7-9-1-4-12(15)5-2-9;14-12-2-1-3-13(16)11(12)8-9-4-6-10(15)7-5-9/h1-12,27-28H,13-14,25-26H2;1-8,11-12,23-24H,9-10,21-22H2;1-8,11-12,22-24H,9-10,21H2;1-10,13,22-23H,11-12,21H2;3-8,17H,9,16H2,1-2H3;1-6,8,15-16H,7,14H2;1-7,15-16H,8,14H2. The van der Waals surface area contributed by atoms with Gasteiger partial charge in [-0.1, -0.05) is 194 Å². The van der Waals surface area contributed by atoms with Crippen molar-refractivity contribution in [3.8, 4) is 80.5 Å². The van der Waals surface area contributed by atoms with Crippen LogP contribution in [0.15, 0.2) is 382 Å². The highest BCUT2D eigenvalue weighted by molar-refractivity contribution is 6.02. The molecular weight excluding hydrogens is 1850 g/mol. The summed E-state index contributed by atoms with van der Waals surface area (Å²) in [6.45, 7) is 4.06. The number of hydrogen-bond acceptors (Lipinski definition) is 23. The minimum atomic E-state index is 0.173. The second kappa shape index (κ2) is 50.5. The molecule has 0 unspecified atom stereocenters. The van der Waals surface area contributed by atoms with Crippen LogP contribution in [0.1, 0.15) is 134 Å². The van der Waals surface area contributed by atoms with Crippen molar-refractivity contribution < 1.29 is 71.5 Å². The molecule has 19 aromatic rings. The maximum Gasteiger partial charge on any atom is 0.121 e. The quantitative estimate of drug-likeness (QED) is 0.0221. The minimum Gasteiger partial charge on any atom is -0.508 e. The van der Waals surface area contributed by atoms with Gasteiger partial charge in [0.15, 0.2) is 0 Å². The van der Waals surface area contributed by atoms with E-state index in [4.69, 9.17) is 61.8 Å². The summed E-state index contributed by atoms with van der Waals surface area (Å²) in [7, 11) is 0. The Bertz CT molecular complexity index is 7370. The number of phenols is 14. The second-order valence-corrected chi connectivity index (χ2v) is 36.5. The molecule has 0 atom stereocenters. The molecule has 23 heteroatoms. The molecule has 0 aromatic heterocycles. The summed E-state index contributed by atoms with van der Waals surface area (Å²) < 4.78 is 0. The lowest BCUT2D eigenvalue weighted by atomic mass is 9.94. The molecule has 0 heterocycles. The lowest BCUT2D eigenvalue weighted by molar-refractivity contribution is 0.469. The summed E-state index contributed by atoms with van der Waals surface area (Å²) in [5.41, 5.74) is 86.0. The molecule has 0 bridgehead atoms. The number of fused-ring (bicyclic) bond motifs is 1. The molecule has 0 fully saturated rings. The molecule has 19 aromatic carbocycles. The third kappa shape index (κ3) is 31.4. The van der Waals surface area contributed by atoms with Crippen molar-refractivity contribution in [2.75, 3.05) is 51.6 Å². The van der Waals surface area contributed by atoms with Gasteiger partial charge >= 0.3 is 0 Å². The first-order valence-electron chi connectivity index (χ1n) is 47.8. The Labute approximate surface area is 860 Å². The monoisotopic (exact) mass is 1970 g/mol. The Morgan fingerprint density at radius 3 is 0.743 bits per heavy atom. The summed E-state index contributed by atoms with van der Waals surface area (Å²) in [5, 5.41) is 134. The molecular formula is C125H123N9O14. The Kier molecular flexibility index (Phi) is 36.2. The first kappa shape index (κ1) is 106. The number of anilines is 9. The molecule has 0 saturated carbocycles. The number of nitrogen functional groups attached to an aromatic ring is 9. The van der Waals surface area contributed by atoms with Crippen molar-refractivity contribution in [3.05, 3.63) is 516 Å². The van der Waals surface area contributed by atoms with Crippen molar-refractivity contribution in [1.82, 2.24) is 0 Å². The fourth-order valence-electron chi connectivity index (χ4n) is 16.7. The molecule has 0 saturated heterocycles. The van der Waals surface area contributed by atoms with Crippen LogP contribution in [0.25, 0.3) is 10.8 Å². The predicted octanol–water partition coefficient (Wildman–Crippen LogP) is 23.2. The fourth-order valence-corrected chi connectivity index (χ4v) is 16.7. The highest BCUT2D eigenvalue weighted by atomic mass is 16.3. The summed E-state index contributed by atoms with van der Waals surface area (Å²) in [4.78, 5) is 0. The SMILES string of the molecule is Cc1cc(Cc2ccc(O)cc2)cc(C)c1N.Nc1c(Cc2ccc(O)cc2)cc(O)cc1Cc1ccc(O)cc1.Nc1c(Cc2ccc(O)cc2)ccc2c(N)c(Cc3ccc(O)cc3)ccc12.Nc1cc(N)c(Cc2ccc(O)cc2)cc1Cc1ccc(O)cc1.Nc1ccc(Cc2ccc(O)cc2)cc1Cc1ccc(O)cc1.Nc1ccc(O)c(Cc2ccc(O)cc2)c1.Nc1cccc(O)c1Cc1ccc(O)cc1. The van der Waals surface area contributed by atoms with Gasteiger partial charge in [-0.05, 0) is 382 Å².